The number of fused-ring (bicyclic) bond motifs is 9. The molecule has 0 fully saturated rings. The average Bonchev–Trinajstić information content (AvgIpc) is 3.88. The van der Waals surface area contributed by atoms with Crippen LogP contribution in [0.25, 0.3) is 16.5 Å². The molecule has 276 valence electrons. The fourth-order valence-electron chi connectivity index (χ4n) is 7.50. The van der Waals surface area contributed by atoms with Gasteiger partial charge >= 0.3 is 0 Å². The van der Waals surface area contributed by atoms with Crippen LogP contribution >= 0.6 is 0 Å². The number of nitrogens with two attached hydrogens (primary N) is 1. The molecule has 9 rings (SSSR count). The third-order valence-corrected chi connectivity index (χ3v) is 11.2. The number of anilines is 1. The molecule has 1 aromatic heterocycles. The fourth-order valence-corrected chi connectivity index (χ4v) is 8.08. The summed E-state index contributed by atoms with van der Waals surface area (Å²) in [5.74, 6) is 4.51. The van der Waals surface area contributed by atoms with Gasteiger partial charge in [-0.3, -0.25) is 4.90 Å². The molecule has 4 aliphatic rings. The number of likely N-dealkylation sites (N-methyl/N-ethyl adjacent to an activating group) is 1. The summed E-state index contributed by atoms with van der Waals surface area (Å²) in [5, 5.41) is 1.97. The summed E-state index contributed by atoms with van der Waals surface area (Å²) in [5.41, 5.74) is 14.1. The number of benzene rings is 4. The zero-order valence-electron chi connectivity index (χ0n) is 31.6. The van der Waals surface area contributed by atoms with Gasteiger partial charge in [-0.25, -0.2) is 25.0 Å². The van der Waals surface area contributed by atoms with Crippen LogP contribution in [0.4, 0.5) is 11.6 Å². The minimum atomic E-state index is -0.848. The van der Waals surface area contributed by atoms with Gasteiger partial charge in [0.05, 0.1) is 18.9 Å². The number of aromatic nitrogens is 1. The summed E-state index contributed by atoms with van der Waals surface area (Å²) in [6.45, 7) is 1.50. The van der Waals surface area contributed by atoms with Crippen molar-refractivity contribution in [2.45, 2.75) is 12.8 Å². The van der Waals surface area contributed by atoms with E-state index in [1.165, 1.54) is 0 Å². The maximum Gasteiger partial charge on any atom is 0.247 e. The Morgan fingerprint density at radius 1 is 0.782 bits per heavy atom. The Labute approximate surface area is 322 Å². The van der Waals surface area contributed by atoms with Gasteiger partial charge in [-0.15, -0.1) is 0 Å². The quantitative estimate of drug-likeness (QED) is 0.252. The number of amidine groups is 5. The van der Waals surface area contributed by atoms with Gasteiger partial charge in [0.15, 0.2) is 17.5 Å². The Hall–Kier alpha value is -5.99. The van der Waals surface area contributed by atoms with Crippen molar-refractivity contribution in [1.29, 1.82) is 0 Å². The first-order valence-electron chi connectivity index (χ1n) is 18.4. The van der Waals surface area contributed by atoms with Crippen molar-refractivity contribution >= 4 is 67.7 Å². The average molecular weight is 747 g/mol. The summed E-state index contributed by atoms with van der Waals surface area (Å²) in [4.78, 5) is 32.4. The number of nitrogens with zero attached hydrogens (tertiary/aromatic N) is 9. The molecule has 2 N–H and O–H groups in total. The first kappa shape index (κ1) is 34.8. The lowest BCUT2D eigenvalue weighted by atomic mass is 10.0. The van der Waals surface area contributed by atoms with Crippen molar-refractivity contribution in [2.24, 2.45) is 25.0 Å². The van der Waals surface area contributed by atoms with Crippen molar-refractivity contribution in [3.63, 3.8) is 0 Å². The molecule has 0 saturated heterocycles. The van der Waals surface area contributed by atoms with E-state index >= 15 is 0 Å². The normalized spacial score (nSPS) is 21.3. The lowest BCUT2D eigenvalue weighted by Crippen LogP contribution is -2.45. The van der Waals surface area contributed by atoms with Gasteiger partial charge in [-0.2, -0.15) is 0 Å². The van der Waals surface area contributed by atoms with E-state index in [2.05, 4.69) is 40.1 Å². The minimum Gasteiger partial charge on any atom is -0.385 e. The first-order chi connectivity index (χ1) is 26.8. The smallest absolute Gasteiger partial charge is 0.247 e. The molecule has 0 saturated carbocycles. The van der Waals surface area contributed by atoms with Crippen molar-refractivity contribution in [3.05, 3.63) is 136 Å². The summed E-state index contributed by atoms with van der Waals surface area (Å²) in [7, 11) is 8.81. The molecule has 12 nitrogen and oxygen atoms in total. The molecule has 2 bridgehead atoms. The van der Waals surface area contributed by atoms with E-state index in [-0.39, 0.29) is 0 Å². The molecule has 0 radical (unpaired) electrons. The van der Waals surface area contributed by atoms with Crippen molar-refractivity contribution in [1.82, 2.24) is 18.9 Å². The molecule has 1 atom stereocenters. The van der Waals surface area contributed by atoms with E-state index in [1.807, 2.05) is 104 Å². The Balaban J connectivity index is 1.24. The Morgan fingerprint density at radius 2 is 1.44 bits per heavy atom. The highest BCUT2D eigenvalue weighted by Gasteiger charge is 2.40. The number of hydrogen-bond donors (Lipinski definition) is 1. The summed E-state index contributed by atoms with van der Waals surface area (Å²) in [6, 6.07) is 32.6. The fraction of sp³-hybridized carbons (Fsp3) is 0.214. The molecule has 4 aliphatic heterocycles. The molecule has 0 aliphatic carbocycles. The Bertz CT molecular complexity index is 2560. The van der Waals surface area contributed by atoms with Crippen molar-refractivity contribution in [3.8, 4) is 0 Å². The van der Waals surface area contributed by atoms with Crippen molar-refractivity contribution < 1.29 is 9.47 Å². The standard InChI is InChI=1S/C42H42N10O2Si/c1-49(2)22-24-54-42-51-39(46-36-27-15-7-5-13-25(27)34(44-36)33(50(3)4)21-23-53-42)31-19-11-12-20-32(31)40(51)47-37-28-16-8-9-17-29(28)38(45-37)48-41-30-18-10-6-14-26(30)35(43)52(41)55/h5-20,42H,21-24,43H2,1-4,55H3/b34-33+,46-39-,47-40-,48-38-/t42-/m0/s1. The van der Waals surface area contributed by atoms with Crippen LogP contribution in [0.3, 0.4) is 0 Å². The molecule has 0 unspecified atom stereocenters. The molecule has 13 heteroatoms. The zero-order valence-corrected chi connectivity index (χ0v) is 33.6. The van der Waals surface area contributed by atoms with Crippen molar-refractivity contribution in [2.75, 3.05) is 53.7 Å². The van der Waals surface area contributed by atoms with E-state index in [0.717, 1.165) is 61.4 Å². The van der Waals surface area contributed by atoms with E-state index < -0.39 is 6.41 Å². The van der Waals surface area contributed by atoms with Crippen LogP contribution < -0.4 is 5.73 Å². The van der Waals surface area contributed by atoms with Gasteiger partial charge in [0.25, 0.3) is 0 Å². The number of hydrogen-bond acceptors (Lipinski definition) is 9. The summed E-state index contributed by atoms with van der Waals surface area (Å²) >= 11 is 0. The molecule has 0 spiro atoms. The molecular weight excluding hydrogens is 705 g/mol. The number of rotatable bonds is 6. The monoisotopic (exact) mass is 746 g/mol. The van der Waals surface area contributed by atoms with Crippen LogP contribution in [0.5, 0.6) is 0 Å². The zero-order chi connectivity index (χ0) is 37.8. The maximum absolute atomic E-state index is 6.74. The second-order valence-electron chi connectivity index (χ2n) is 14.3. The predicted molar refractivity (Wildman–Crippen MR) is 225 cm³/mol. The highest BCUT2D eigenvalue weighted by molar-refractivity contribution is 6.33. The molecule has 55 heavy (non-hydrogen) atoms. The Morgan fingerprint density at radius 3 is 2.18 bits per heavy atom. The van der Waals surface area contributed by atoms with Gasteiger partial charge in [0.2, 0.25) is 6.41 Å². The van der Waals surface area contributed by atoms with Crippen LogP contribution in [0.15, 0.2) is 128 Å². The third kappa shape index (κ3) is 6.01. The van der Waals surface area contributed by atoms with E-state index in [0.29, 0.717) is 71.6 Å². The van der Waals surface area contributed by atoms with E-state index in [9.17, 15) is 0 Å². The highest BCUT2D eigenvalue weighted by Crippen LogP contribution is 2.38. The lowest BCUT2D eigenvalue weighted by Gasteiger charge is -2.31. The number of nitrogen functional groups attached to an aromatic ring is 1. The number of aliphatic imine (C=N–C) groups is 5. The van der Waals surface area contributed by atoms with E-state index in [4.69, 9.17) is 40.2 Å². The maximum atomic E-state index is 6.74. The predicted octanol–water partition coefficient (Wildman–Crippen LogP) is 4.67. The Kier molecular flexibility index (Phi) is 8.85. The lowest BCUT2D eigenvalue weighted by molar-refractivity contribution is -0.186. The van der Waals surface area contributed by atoms with E-state index in [1.54, 1.807) is 0 Å². The summed E-state index contributed by atoms with van der Waals surface area (Å²) < 4.78 is 15.4. The molecule has 4 aromatic carbocycles. The molecule has 0 amide bonds. The van der Waals surface area contributed by atoms with Crippen LogP contribution in [-0.2, 0) is 9.47 Å². The highest BCUT2D eigenvalue weighted by atomic mass is 28.2. The molecule has 5 heterocycles. The topological polar surface area (TPSA) is 121 Å². The first-order valence-corrected chi connectivity index (χ1v) is 19.3. The van der Waals surface area contributed by atoms with Gasteiger partial charge in [-0.1, -0.05) is 97.1 Å². The minimum absolute atomic E-state index is 0.377. The van der Waals surface area contributed by atoms with Crippen LogP contribution in [0.1, 0.15) is 39.8 Å². The van der Waals surface area contributed by atoms with Crippen LogP contribution in [0, 0.1) is 0 Å². The van der Waals surface area contributed by atoms with Gasteiger partial charge in [0, 0.05) is 76.9 Å². The third-order valence-electron chi connectivity index (χ3n) is 10.3. The second-order valence-corrected chi connectivity index (χ2v) is 15.2. The van der Waals surface area contributed by atoms with Gasteiger partial charge in [-0.05, 0) is 14.1 Å². The van der Waals surface area contributed by atoms with Gasteiger partial charge in [0.1, 0.15) is 33.7 Å². The van der Waals surface area contributed by atoms with Crippen LogP contribution in [-0.4, -0.2) is 113 Å². The second kappa shape index (κ2) is 14.0. The molecule has 5 aromatic rings. The van der Waals surface area contributed by atoms with Gasteiger partial charge < -0.3 is 29.2 Å². The largest absolute Gasteiger partial charge is 0.385 e. The summed E-state index contributed by atoms with van der Waals surface area (Å²) in [6.07, 6.45) is -0.233. The SMILES string of the molecule is CN(C)CCO[C@@H]1OCC/C(N(C)C)=C2N=C(/N=C3/c4ccccc4/C(=N/C4=NC(=N\c5c6ccccc6c(N)n5[SiH3])/c5ccccc54)N31)c1ccccc1\2. The molecular formula is C42H42N10O2Si. The van der Waals surface area contributed by atoms with Crippen LogP contribution in [0.2, 0.25) is 0 Å². The number of ether oxygens (including phenoxy) is 2.